The molecule has 0 heterocycles. The molecule has 1 aliphatic rings. The third-order valence-electron chi connectivity index (χ3n) is 3.96. The molecule has 1 unspecified atom stereocenters. The Balaban J connectivity index is 1.88. The van der Waals surface area contributed by atoms with Gasteiger partial charge in [0.05, 0.1) is 0 Å². The number of terminal acetylenes is 1. The number of hydrogen-bond acceptors (Lipinski definition) is 2. The molecule has 1 saturated carbocycles. The molecule has 1 aromatic rings. The first-order valence-corrected chi connectivity index (χ1v) is 7.35. The molecule has 0 bridgehead atoms. The molecule has 1 amide bonds. The zero-order chi connectivity index (χ0) is 14.2. The Hall–Kier alpha value is -1.79. The van der Waals surface area contributed by atoms with E-state index in [4.69, 9.17) is 6.42 Å². The Labute approximate surface area is 121 Å². The highest BCUT2D eigenvalue weighted by atomic mass is 16.2. The van der Waals surface area contributed by atoms with Crippen molar-refractivity contribution >= 4 is 5.91 Å². The van der Waals surface area contributed by atoms with E-state index >= 15 is 0 Å². The van der Waals surface area contributed by atoms with Gasteiger partial charge in [0, 0.05) is 18.0 Å². The Morgan fingerprint density at radius 3 is 2.60 bits per heavy atom. The van der Waals surface area contributed by atoms with Gasteiger partial charge in [-0.2, -0.15) is 0 Å². The van der Waals surface area contributed by atoms with Crippen molar-refractivity contribution in [1.29, 1.82) is 0 Å². The molecule has 0 saturated heterocycles. The van der Waals surface area contributed by atoms with Gasteiger partial charge in [-0.3, -0.25) is 10.2 Å². The molecule has 2 rings (SSSR count). The summed E-state index contributed by atoms with van der Waals surface area (Å²) in [4.78, 5) is 12.0. The monoisotopic (exact) mass is 270 g/mol. The SMILES string of the molecule is C#CCC(NNC(=O)c1ccccc1)C1CCCCC1. The topological polar surface area (TPSA) is 41.1 Å². The summed E-state index contributed by atoms with van der Waals surface area (Å²) in [6.45, 7) is 0. The second-order valence-electron chi connectivity index (χ2n) is 5.38. The number of hydrogen-bond donors (Lipinski definition) is 2. The van der Waals surface area contributed by atoms with Gasteiger partial charge in [0.1, 0.15) is 0 Å². The van der Waals surface area contributed by atoms with E-state index in [1.54, 1.807) is 12.1 Å². The van der Waals surface area contributed by atoms with Crippen LogP contribution in [0.3, 0.4) is 0 Å². The van der Waals surface area contributed by atoms with Gasteiger partial charge in [-0.15, -0.1) is 12.3 Å². The number of carbonyl (C=O) groups excluding carboxylic acids is 1. The van der Waals surface area contributed by atoms with Crippen LogP contribution >= 0.6 is 0 Å². The van der Waals surface area contributed by atoms with Gasteiger partial charge in [0.15, 0.2) is 0 Å². The van der Waals surface area contributed by atoms with Crippen molar-refractivity contribution in [1.82, 2.24) is 10.9 Å². The molecule has 20 heavy (non-hydrogen) atoms. The van der Waals surface area contributed by atoms with Gasteiger partial charge in [-0.1, -0.05) is 37.5 Å². The number of carbonyl (C=O) groups is 1. The van der Waals surface area contributed by atoms with E-state index in [-0.39, 0.29) is 11.9 Å². The lowest BCUT2D eigenvalue weighted by Gasteiger charge is -2.30. The number of rotatable bonds is 5. The van der Waals surface area contributed by atoms with Crippen LogP contribution in [-0.4, -0.2) is 11.9 Å². The largest absolute Gasteiger partial charge is 0.287 e. The third-order valence-corrected chi connectivity index (χ3v) is 3.96. The summed E-state index contributed by atoms with van der Waals surface area (Å²) in [6.07, 6.45) is 12.3. The summed E-state index contributed by atoms with van der Waals surface area (Å²) < 4.78 is 0. The average Bonchev–Trinajstić information content (AvgIpc) is 2.53. The number of hydrazine groups is 1. The Kier molecular flexibility index (Phi) is 5.64. The number of benzene rings is 1. The summed E-state index contributed by atoms with van der Waals surface area (Å²) >= 11 is 0. The lowest BCUT2D eigenvalue weighted by Crippen LogP contribution is -2.48. The van der Waals surface area contributed by atoms with Crippen molar-refractivity contribution < 1.29 is 4.79 Å². The van der Waals surface area contributed by atoms with Gasteiger partial charge in [-0.05, 0) is 30.9 Å². The van der Waals surface area contributed by atoms with Crippen LogP contribution in [0.5, 0.6) is 0 Å². The van der Waals surface area contributed by atoms with Crippen molar-refractivity contribution in [2.75, 3.05) is 0 Å². The summed E-state index contributed by atoms with van der Waals surface area (Å²) in [5.74, 6) is 3.17. The fourth-order valence-corrected chi connectivity index (χ4v) is 2.82. The van der Waals surface area contributed by atoms with Gasteiger partial charge in [-0.25, -0.2) is 5.43 Å². The van der Waals surface area contributed by atoms with E-state index in [1.807, 2.05) is 18.2 Å². The minimum atomic E-state index is -0.108. The molecule has 2 N–H and O–H groups in total. The summed E-state index contributed by atoms with van der Waals surface area (Å²) in [5.41, 5.74) is 6.60. The molecule has 0 radical (unpaired) electrons. The van der Waals surface area contributed by atoms with Gasteiger partial charge < -0.3 is 0 Å². The maximum absolute atomic E-state index is 12.0. The molecule has 1 aromatic carbocycles. The zero-order valence-electron chi connectivity index (χ0n) is 11.8. The van der Waals surface area contributed by atoms with Crippen LogP contribution in [0.4, 0.5) is 0 Å². The molecule has 0 aliphatic heterocycles. The molecule has 1 aliphatic carbocycles. The molecule has 1 atom stereocenters. The maximum atomic E-state index is 12.0. The summed E-state index contributed by atoms with van der Waals surface area (Å²) in [7, 11) is 0. The lowest BCUT2D eigenvalue weighted by molar-refractivity contribution is 0.0913. The number of amides is 1. The van der Waals surface area contributed by atoms with E-state index in [9.17, 15) is 4.79 Å². The van der Waals surface area contributed by atoms with E-state index < -0.39 is 0 Å². The Morgan fingerprint density at radius 1 is 1.25 bits per heavy atom. The highest BCUT2D eigenvalue weighted by molar-refractivity contribution is 5.93. The highest BCUT2D eigenvalue weighted by Gasteiger charge is 2.23. The summed E-state index contributed by atoms with van der Waals surface area (Å²) in [6, 6.07) is 9.38. The molecule has 106 valence electrons. The highest BCUT2D eigenvalue weighted by Crippen LogP contribution is 2.27. The molecule has 1 fully saturated rings. The van der Waals surface area contributed by atoms with Crippen molar-refractivity contribution in [3.63, 3.8) is 0 Å². The van der Waals surface area contributed by atoms with Crippen LogP contribution in [0.2, 0.25) is 0 Å². The van der Waals surface area contributed by atoms with Crippen molar-refractivity contribution in [2.24, 2.45) is 5.92 Å². The molecular weight excluding hydrogens is 248 g/mol. The van der Waals surface area contributed by atoms with Gasteiger partial charge >= 0.3 is 0 Å². The standard InChI is InChI=1S/C17H22N2O/c1-2-9-16(14-10-5-3-6-11-14)18-19-17(20)15-12-7-4-8-13-15/h1,4,7-8,12-14,16,18H,3,5-6,9-11H2,(H,19,20). The Morgan fingerprint density at radius 2 is 1.95 bits per heavy atom. The predicted molar refractivity (Wildman–Crippen MR) is 80.9 cm³/mol. The Bertz CT molecular complexity index is 458. The normalized spacial score (nSPS) is 17.1. The zero-order valence-corrected chi connectivity index (χ0v) is 11.8. The third kappa shape index (κ3) is 4.11. The minimum absolute atomic E-state index is 0.108. The quantitative estimate of drug-likeness (QED) is 0.638. The van der Waals surface area contributed by atoms with E-state index in [0.29, 0.717) is 17.9 Å². The first-order valence-electron chi connectivity index (χ1n) is 7.35. The first kappa shape index (κ1) is 14.6. The molecule has 3 nitrogen and oxygen atoms in total. The second-order valence-corrected chi connectivity index (χ2v) is 5.38. The molecule has 0 spiro atoms. The van der Waals surface area contributed by atoms with Crippen molar-refractivity contribution in [2.45, 2.75) is 44.6 Å². The van der Waals surface area contributed by atoms with Crippen LogP contribution < -0.4 is 10.9 Å². The first-order chi connectivity index (χ1) is 9.81. The second kappa shape index (κ2) is 7.72. The molecular formula is C17H22N2O. The van der Waals surface area contributed by atoms with E-state index in [0.717, 1.165) is 0 Å². The van der Waals surface area contributed by atoms with Crippen molar-refractivity contribution in [3.8, 4) is 12.3 Å². The van der Waals surface area contributed by atoms with Crippen LogP contribution in [-0.2, 0) is 0 Å². The molecule has 3 heteroatoms. The van der Waals surface area contributed by atoms with E-state index in [1.165, 1.54) is 32.1 Å². The molecule has 0 aromatic heterocycles. The predicted octanol–water partition coefficient (Wildman–Crippen LogP) is 2.89. The average molecular weight is 270 g/mol. The smallest absolute Gasteiger partial charge is 0.265 e. The van der Waals surface area contributed by atoms with E-state index in [2.05, 4.69) is 16.8 Å². The minimum Gasteiger partial charge on any atom is -0.287 e. The fourth-order valence-electron chi connectivity index (χ4n) is 2.82. The van der Waals surface area contributed by atoms with Crippen LogP contribution in [0.1, 0.15) is 48.9 Å². The maximum Gasteiger partial charge on any atom is 0.265 e. The fraction of sp³-hybridized carbons (Fsp3) is 0.471. The van der Waals surface area contributed by atoms with Crippen LogP contribution in [0.15, 0.2) is 30.3 Å². The van der Waals surface area contributed by atoms with Crippen LogP contribution in [0.25, 0.3) is 0 Å². The van der Waals surface area contributed by atoms with Crippen molar-refractivity contribution in [3.05, 3.63) is 35.9 Å². The van der Waals surface area contributed by atoms with Gasteiger partial charge in [0.2, 0.25) is 0 Å². The number of nitrogens with one attached hydrogen (secondary N) is 2. The van der Waals surface area contributed by atoms with Gasteiger partial charge in [0.25, 0.3) is 5.91 Å². The summed E-state index contributed by atoms with van der Waals surface area (Å²) in [5, 5.41) is 0. The van der Waals surface area contributed by atoms with Crippen LogP contribution in [0, 0.1) is 18.3 Å². The lowest BCUT2D eigenvalue weighted by atomic mass is 9.83.